The fourth-order valence-corrected chi connectivity index (χ4v) is 1.58. The molecule has 0 spiro atoms. The van der Waals surface area contributed by atoms with Gasteiger partial charge in [-0.15, -0.1) is 0 Å². The summed E-state index contributed by atoms with van der Waals surface area (Å²) in [5.41, 5.74) is 8.13. The fraction of sp³-hybridized carbons (Fsp3) is 0.231. The summed E-state index contributed by atoms with van der Waals surface area (Å²) in [6.07, 6.45) is 1.55. The zero-order valence-corrected chi connectivity index (χ0v) is 9.80. The van der Waals surface area contributed by atoms with Gasteiger partial charge < -0.3 is 11.1 Å². The number of aryl methyl sites for hydroxylation is 1. The first-order valence-corrected chi connectivity index (χ1v) is 5.59. The van der Waals surface area contributed by atoms with Gasteiger partial charge in [0.2, 0.25) is 0 Å². The quantitative estimate of drug-likeness (QED) is 0.839. The number of nitrogens with two attached hydrogens (primary N) is 1. The molecule has 0 radical (unpaired) electrons. The van der Waals surface area contributed by atoms with Crippen molar-refractivity contribution < 1.29 is 0 Å². The van der Waals surface area contributed by atoms with E-state index in [-0.39, 0.29) is 6.04 Å². The van der Waals surface area contributed by atoms with Crippen molar-refractivity contribution in [3.8, 4) is 0 Å². The van der Waals surface area contributed by atoms with Gasteiger partial charge in [-0.1, -0.05) is 30.3 Å². The van der Waals surface area contributed by atoms with Crippen LogP contribution in [-0.2, 0) is 0 Å². The zero-order valence-electron chi connectivity index (χ0n) is 9.80. The van der Waals surface area contributed by atoms with E-state index in [1.165, 1.54) is 0 Å². The molecule has 2 rings (SSSR count). The van der Waals surface area contributed by atoms with Gasteiger partial charge in [0.1, 0.15) is 12.1 Å². The second-order valence-electron chi connectivity index (χ2n) is 3.94. The number of nitrogens with one attached hydrogen (secondary N) is 1. The Hall–Kier alpha value is -1.94. The van der Waals surface area contributed by atoms with Gasteiger partial charge in [-0.25, -0.2) is 9.97 Å². The number of nitrogens with zero attached hydrogens (tertiary/aromatic N) is 2. The minimum atomic E-state index is -0.0357. The van der Waals surface area contributed by atoms with E-state index in [9.17, 15) is 0 Å². The second-order valence-corrected chi connectivity index (χ2v) is 3.94. The predicted octanol–water partition coefficient (Wildman–Crippen LogP) is 1.90. The normalized spacial score (nSPS) is 12.1. The molecule has 1 aromatic heterocycles. The molecule has 4 heteroatoms. The van der Waals surface area contributed by atoms with Crippen LogP contribution in [0.15, 0.2) is 42.7 Å². The number of hydrogen-bond acceptors (Lipinski definition) is 4. The highest BCUT2D eigenvalue weighted by atomic mass is 15.0. The van der Waals surface area contributed by atoms with Crippen molar-refractivity contribution in [3.63, 3.8) is 0 Å². The molecule has 1 unspecified atom stereocenters. The number of anilines is 1. The molecule has 1 heterocycles. The number of hydrogen-bond donors (Lipinski definition) is 2. The molecule has 1 aromatic carbocycles. The molecular weight excluding hydrogens is 212 g/mol. The lowest BCUT2D eigenvalue weighted by Gasteiger charge is -2.13. The van der Waals surface area contributed by atoms with Gasteiger partial charge in [0.05, 0.1) is 0 Å². The van der Waals surface area contributed by atoms with Crippen molar-refractivity contribution in [2.75, 3.05) is 11.9 Å². The maximum atomic E-state index is 6.07. The third kappa shape index (κ3) is 3.26. The van der Waals surface area contributed by atoms with Crippen molar-refractivity contribution >= 4 is 5.82 Å². The summed E-state index contributed by atoms with van der Waals surface area (Å²) in [6.45, 7) is 2.59. The van der Waals surface area contributed by atoms with Crippen molar-refractivity contribution in [1.29, 1.82) is 0 Å². The van der Waals surface area contributed by atoms with E-state index in [4.69, 9.17) is 5.73 Å². The zero-order chi connectivity index (χ0) is 12.1. The second kappa shape index (κ2) is 5.41. The molecule has 17 heavy (non-hydrogen) atoms. The van der Waals surface area contributed by atoms with Gasteiger partial charge in [-0.05, 0) is 12.5 Å². The summed E-state index contributed by atoms with van der Waals surface area (Å²) in [7, 11) is 0. The van der Waals surface area contributed by atoms with Gasteiger partial charge >= 0.3 is 0 Å². The molecule has 88 valence electrons. The first-order chi connectivity index (χ1) is 8.25. The van der Waals surface area contributed by atoms with Gasteiger partial charge in [0.25, 0.3) is 0 Å². The van der Waals surface area contributed by atoms with Crippen molar-refractivity contribution in [1.82, 2.24) is 9.97 Å². The highest BCUT2D eigenvalue weighted by molar-refractivity contribution is 5.35. The summed E-state index contributed by atoms with van der Waals surface area (Å²) < 4.78 is 0. The van der Waals surface area contributed by atoms with Gasteiger partial charge in [0.15, 0.2) is 0 Å². The van der Waals surface area contributed by atoms with Crippen LogP contribution in [-0.4, -0.2) is 16.5 Å². The first-order valence-electron chi connectivity index (χ1n) is 5.59. The lowest BCUT2D eigenvalue weighted by atomic mass is 10.1. The molecule has 0 fully saturated rings. The van der Waals surface area contributed by atoms with Crippen molar-refractivity contribution in [2.24, 2.45) is 5.73 Å². The Morgan fingerprint density at radius 2 is 2.00 bits per heavy atom. The van der Waals surface area contributed by atoms with Crippen LogP contribution >= 0.6 is 0 Å². The van der Waals surface area contributed by atoms with Gasteiger partial charge in [-0.3, -0.25) is 0 Å². The number of benzene rings is 1. The summed E-state index contributed by atoms with van der Waals surface area (Å²) >= 11 is 0. The fourth-order valence-electron chi connectivity index (χ4n) is 1.58. The minimum absolute atomic E-state index is 0.0357. The summed E-state index contributed by atoms with van der Waals surface area (Å²) in [6, 6.07) is 11.9. The maximum absolute atomic E-state index is 6.07. The molecular formula is C13H16N4. The van der Waals surface area contributed by atoms with Crippen LogP contribution in [0.3, 0.4) is 0 Å². The third-order valence-electron chi connectivity index (χ3n) is 2.53. The Balaban J connectivity index is 1.95. The Labute approximate surface area is 101 Å². The van der Waals surface area contributed by atoms with Crippen LogP contribution in [0.25, 0.3) is 0 Å². The Bertz CT molecular complexity index is 470. The Kier molecular flexibility index (Phi) is 3.67. The van der Waals surface area contributed by atoms with Crippen LogP contribution < -0.4 is 11.1 Å². The summed E-state index contributed by atoms with van der Waals surface area (Å²) in [4.78, 5) is 8.17. The topological polar surface area (TPSA) is 63.8 Å². The van der Waals surface area contributed by atoms with E-state index in [2.05, 4.69) is 15.3 Å². The molecule has 3 N–H and O–H groups in total. The van der Waals surface area contributed by atoms with Crippen LogP contribution in [0.1, 0.15) is 17.3 Å². The maximum Gasteiger partial charge on any atom is 0.129 e. The first kappa shape index (κ1) is 11.5. The molecule has 2 aromatic rings. The molecule has 0 bridgehead atoms. The van der Waals surface area contributed by atoms with Crippen molar-refractivity contribution in [2.45, 2.75) is 13.0 Å². The predicted molar refractivity (Wildman–Crippen MR) is 68.6 cm³/mol. The molecule has 0 aliphatic rings. The van der Waals surface area contributed by atoms with E-state index in [1.54, 1.807) is 6.33 Å². The highest BCUT2D eigenvalue weighted by Gasteiger charge is 2.05. The van der Waals surface area contributed by atoms with Crippen molar-refractivity contribution in [3.05, 3.63) is 54.0 Å². The summed E-state index contributed by atoms with van der Waals surface area (Å²) in [5.74, 6) is 0.809. The SMILES string of the molecule is Cc1cc(NCC(N)c2ccccc2)ncn1. The molecule has 0 saturated heterocycles. The molecule has 4 nitrogen and oxygen atoms in total. The number of aromatic nitrogens is 2. The van der Waals surface area contributed by atoms with E-state index in [0.29, 0.717) is 6.54 Å². The highest BCUT2D eigenvalue weighted by Crippen LogP contribution is 2.10. The van der Waals surface area contributed by atoms with E-state index in [1.807, 2.05) is 43.3 Å². The van der Waals surface area contributed by atoms with Gasteiger partial charge in [-0.2, -0.15) is 0 Å². The standard InChI is InChI=1S/C13H16N4/c1-10-7-13(17-9-16-10)15-8-12(14)11-5-3-2-4-6-11/h2-7,9,12H,8,14H2,1H3,(H,15,16,17). The van der Waals surface area contributed by atoms with E-state index in [0.717, 1.165) is 17.1 Å². The molecule has 0 amide bonds. The van der Waals surface area contributed by atoms with Crippen LogP contribution in [0.4, 0.5) is 5.82 Å². The average molecular weight is 228 g/mol. The summed E-state index contributed by atoms with van der Waals surface area (Å²) in [5, 5.41) is 3.21. The average Bonchev–Trinajstić information content (AvgIpc) is 2.37. The minimum Gasteiger partial charge on any atom is -0.368 e. The number of rotatable bonds is 4. The lowest BCUT2D eigenvalue weighted by Crippen LogP contribution is -2.20. The van der Waals surface area contributed by atoms with E-state index >= 15 is 0 Å². The molecule has 1 atom stereocenters. The molecule has 0 aliphatic heterocycles. The van der Waals surface area contributed by atoms with E-state index < -0.39 is 0 Å². The van der Waals surface area contributed by atoms with Crippen LogP contribution in [0.5, 0.6) is 0 Å². The Morgan fingerprint density at radius 3 is 2.71 bits per heavy atom. The smallest absolute Gasteiger partial charge is 0.129 e. The third-order valence-corrected chi connectivity index (χ3v) is 2.53. The van der Waals surface area contributed by atoms with Crippen LogP contribution in [0.2, 0.25) is 0 Å². The Morgan fingerprint density at radius 1 is 1.24 bits per heavy atom. The lowest BCUT2D eigenvalue weighted by molar-refractivity contribution is 0.761. The largest absolute Gasteiger partial charge is 0.368 e. The van der Waals surface area contributed by atoms with Gasteiger partial charge in [0, 0.05) is 24.3 Å². The monoisotopic (exact) mass is 228 g/mol. The van der Waals surface area contributed by atoms with Crippen LogP contribution in [0, 0.1) is 6.92 Å². The molecule has 0 aliphatic carbocycles. The molecule has 0 saturated carbocycles.